The molecule has 12 rings (SSSR count). The zero-order valence-electron chi connectivity index (χ0n) is 51.5. The Morgan fingerprint density at radius 2 is 0.806 bits per heavy atom. The van der Waals surface area contributed by atoms with E-state index in [1.165, 1.54) is 31.1 Å². The fourth-order valence-corrected chi connectivity index (χ4v) is 10.0. The smallest absolute Gasteiger partial charge is 0.246 e. The Balaban J connectivity index is 0.000000227. The maximum atomic E-state index is 12.0. The van der Waals surface area contributed by atoms with Crippen molar-refractivity contribution in [3.05, 3.63) is 219 Å². The number of amides is 2. The van der Waals surface area contributed by atoms with Crippen molar-refractivity contribution in [3.8, 4) is 68.3 Å². The number of anilines is 3. The van der Waals surface area contributed by atoms with Crippen LogP contribution in [-0.4, -0.2) is 111 Å². The summed E-state index contributed by atoms with van der Waals surface area (Å²) in [5, 5.41) is 19.7. The molecule has 0 fully saturated rings. The SMILES string of the molecule is C.C.C.C.C/C=C/C(=O)N(C)CCn1nc(-c2ccc(Oc3ccccc3)cc2)c2c(N)ncnc21.C/C=C/C(=O)NCCn1nc(-c2ccc(Oc3ccccc3)cc2)c2c(N)ncnc21.C=CS(=O)(=O)NCCn1nc(-c2ccc(Oc3ccccc3)cc2)c2c(N)ncnc21. The molecule has 0 saturated carbocycles. The molecule has 0 unspecified atom stereocenters. The first-order valence-corrected chi connectivity index (χ1v) is 31.0. The van der Waals surface area contributed by atoms with Crippen molar-refractivity contribution in [2.75, 3.05) is 43.9 Å². The number of allylic oxidation sites excluding steroid dienone is 2. The molecule has 26 heteroatoms. The van der Waals surface area contributed by atoms with Crippen molar-refractivity contribution < 1.29 is 32.2 Å². The van der Waals surface area contributed by atoms with E-state index in [2.05, 4.69) is 51.6 Å². The van der Waals surface area contributed by atoms with Gasteiger partial charge in [0.1, 0.15) is 88.0 Å². The van der Waals surface area contributed by atoms with Crippen molar-refractivity contribution in [3.63, 3.8) is 0 Å². The summed E-state index contributed by atoms with van der Waals surface area (Å²) in [6.45, 7) is 9.08. The summed E-state index contributed by atoms with van der Waals surface area (Å²) < 4.78 is 48.2. The van der Waals surface area contributed by atoms with Crippen LogP contribution in [0, 0.1) is 0 Å². The van der Waals surface area contributed by atoms with Crippen LogP contribution < -0.4 is 41.5 Å². The number of nitrogens with one attached hydrogen (secondary N) is 2. The minimum Gasteiger partial charge on any atom is -0.457 e. The van der Waals surface area contributed by atoms with Crippen molar-refractivity contribution >= 4 is 72.4 Å². The lowest BCUT2D eigenvalue weighted by Crippen LogP contribution is -2.28. The average molecular weight is 1340 g/mol. The van der Waals surface area contributed by atoms with E-state index in [-0.39, 0.29) is 54.6 Å². The lowest BCUT2D eigenvalue weighted by atomic mass is 10.1. The summed E-state index contributed by atoms with van der Waals surface area (Å²) in [6.07, 6.45) is 10.6. The monoisotopic (exact) mass is 1340 g/mol. The fourth-order valence-electron chi connectivity index (χ4n) is 9.55. The summed E-state index contributed by atoms with van der Waals surface area (Å²) in [7, 11) is -1.77. The molecule has 0 radical (unpaired) electrons. The minimum absolute atomic E-state index is 0. The molecule has 25 nitrogen and oxygen atoms in total. The normalized spacial score (nSPS) is 10.8. The second-order valence-electron chi connectivity index (χ2n) is 20.6. The summed E-state index contributed by atoms with van der Waals surface area (Å²) in [5.41, 5.74) is 24.7. The highest BCUT2D eigenvalue weighted by molar-refractivity contribution is 7.92. The van der Waals surface area contributed by atoms with E-state index in [1.54, 1.807) is 45.1 Å². The maximum Gasteiger partial charge on any atom is 0.246 e. The quantitative estimate of drug-likeness (QED) is 0.0394. The highest BCUT2D eigenvalue weighted by atomic mass is 32.2. The molecule has 0 spiro atoms. The van der Waals surface area contributed by atoms with Gasteiger partial charge in [-0.3, -0.25) is 9.59 Å². The van der Waals surface area contributed by atoms with Gasteiger partial charge < -0.3 is 41.6 Å². The van der Waals surface area contributed by atoms with Crippen LogP contribution in [0.1, 0.15) is 43.6 Å². The summed E-state index contributed by atoms with van der Waals surface area (Å²) in [4.78, 5) is 50.7. The maximum absolute atomic E-state index is 12.0. The average Bonchev–Trinajstić information content (AvgIpc) is 1.67. The van der Waals surface area contributed by atoms with E-state index in [4.69, 9.17) is 41.6 Å². The lowest BCUT2D eigenvalue weighted by molar-refractivity contribution is -0.125. The number of sulfonamides is 1. The first-order chi connectivity index (χ1) is 45.7. The van der Waals surface area contributed by atoms with E-state index in [0.29, 0.717) is 99.6 Å². The Bertz CT molecular complexity index is 4740. The largest absolute Gasteiger partial charge is 0.457 e. The number of fused-ring (bicyclic) bond motifs is 3. The van der Waals surface area contributed by atoms with Crippen LogP contribution in [0.15, 0.2) is 219 Å². The molecule has 6 aromatic carbocycles. The van der Waals surface area contributed by atoms with Gasteiger partial charge >= 0.3 is 0 Å². The molecule has 12 aromatic rings. The zero-order chi connectivity index (χ0) is 66.0. The standard InChI is InChI=1S/C24H24N6O2.C23H22N6O2.C21H20N6O3S.4CH4/c1-3-7-20(31)29(2)14-15-30-24-21(23(25)26-16-27-24)22(28-30)17-10-12-19(13-11-17)32-18-8-5-4-6-9-18;1-2-6-19(30)25-13-14-29-23-20(22(24)26-15-27-23)21(28-29)16-9-11-18(12-10-16)31-17-7-4-3-5-8-17;1-2-31(28,29)25-12-13-27-21-18(20(22)23-14-24-21)19(26-27)15-8-10-17(11-9-15)30-16-6-4-3-5-7-16;;;;/h3-13,16H,14-15H2,1-2H3,(H2,25,26,27);2-12,15H,13-14H2,1H3,(H,25,30)(H2,24,26,27);2-11,14,25H,1,12-13H2,(H2,22,23,24);4*1H4/b7-3+;6-2+;;;;;. The summed E-state index contributed by atoms with van der Waals surface area (Å²) >= 11 is 0. The van der Waals surface area contributed by atoms with Crippen LogP contribution in [0.5, 0.6) is 34.5 Å². The molecule has 2 amide bonds. The first kappa shape index (κ1) is 74.9. The summed E-state index contributed by atoms with van der Waals surface area (Å²) in [5.74, 6) is 5.19. The Morgan fingerprint density at radius 3 is 1.14 bits per heavy atom. The van der Waals surface area contributed by atoms with Crippen molar-refractivity contribution in [2.24, 2.45) is 0 Å². The molecule has 6 heterocycles. The van der Waals surface area contributed by atoms with Crippen molar-refractivity contribution in [1.29, 1.82) is 0 Å². The van der Waals surface area contributed by atoms with Crippen LogP contribution >= 0.6 is 0 Å². The number of carbonyl (C=O) groups is 2. The highest BCUT2D eigenvalue weighted by Gasteiger charge is 2.21. The zero-order valence-corrected chi connectivity index (χ0v) is 52.3. The molecule has 98 heavy (non-hydrogen) atoms. The van der Waals surface area contributed by atoms with Crippen LogP contribution in [0.3, 0.4) is 0 Å². The number of nitrogens with zero attached hydrogens (tertiary/aromatic N) is 13. The Labute approximate surface area is 570 Å². The molecule has 0 bridgehead atoms. The van der Waals surface area contributed by atoms with Crippen molar-refractivity contribution in [1.82, 2.24) is 74.2 Å². The van der Waals surface area contributed by atoms with Gasteiger partial charge in [-0.25, -0.2) is 57.1 Å². The second kappa shape index (κ2) is 35.4. The van der Waals surface area contributed by atoms with E-state index in [1.807, 2.05) is 171 Å². The predicted octanol–water partition coefficient (Wildman–Crippen LogP) is 12.9. The van der Waals surface area contributed by atoms with Gasteiger partial charge in [0.2, 0.25) is 21.8 Å². The molecule has 508 valence electrons. The molecule has 8 N–H and O–H groups in total. The van der Waals surface area contributed by atoms with Gasteiger partial charge in [0.25, 0.3) is 0 Å². The van der Waals surface area contributed by atoms with Crippen LogP contribution in [0.25, 0.3) is 66.9 Å². The van der Waals surface area contributed by atoms with Gasteiger partial charge in [-0.2, -0.15) is 15.3 Å². The number of ether oxygens (including phenoxy) is 3. The van der Waals surface area contributed by atoms with Gasteiger partial charge in [0.15, 0.2) is 16.9 Å². The Hall–Kier alpha value is -12.2. The first-order valence-electron chi connectivity index (χ1n) is 29.5. The molecule has 0 aliphatic carbocycles. The van der Waals surface area contributed by atoms with Crippen LogP contribution in [0.2, 0.25) is 0 Å². The summed E-state index contributed by atoms with van der Waals surface area (Å²) in [6, 6.07) is 51.3. The molecule has 6 aromatic heterocycles. The predicted molar refractivity (Wildman–Crippen MR) is 389 cm³/mol. The molecular weight excluding hydrogens is 1260 g/mol. The number of carbonyl (C=O) groups excluding carboxylic acids is 2. The molecule has 0 aliphatic rings. The highest BCUT2D eigenvalue weighted by Crippen LogP contribution is 2.35. The number of rotatable bonds is 22. The van der Waals surface area contributed by atoms with Gasteiger partial charge in [-0.15, -0.1) is 0 Å². The van der Waals surface area contributed by atoms with Crippen molar-refractivity contribution in [2.45, 2.75) is 63.2 Å². The third kappa shape index (κ3) is 18.8. The number of para-hydroxylation sites is 3. The molecule has 0 aliphatic heterocycles. The molecular formula is C72H82N18O7S. The van der Waals surface area contributed by atoms with E-state index < -0.39 is 10.0 Å². The number of hydrogen-bond donors (Lipinski definition) is 5. The minimum atomic E-state index is -3.53. The topological polar surface area (TPSA) is 332 Å². The molecule has 0 atom stereocenters. The Kier molecular flexibility index (Phi) is 27.0. The van der Waals surface area contributed by atoms with Gasteiger partial charge in [0.05, 0.1) is 35.8 Å². The number of nitrogen functional groups attached to an aromatic ring is 3. The molecule has 0 saturated heterocycles. The number of nitrogens with two attached hydrogens (primary N) is 3. The number of likely N-dealkylation sites (N-methyl/N-ethyl adjacent to an activating group) is 1. The number of hydrogen-bond acceptors (Lipinski definition) is 19. The lowest BCUT2D eigenvalue weighted by Gasteiger charge is -2.15. The van der Waals surface area contributed by atoms with Crippen LogP contribution in [0.4, 0.5) is 17.5 Å². The van der Waals surface area contributed by atoms with Gasteiger partial charge in [-0.1, -0.05) is 103 Å². The van der Waals surface area contributed by atoms with Crippen LogP contribution in [-0.2, 0) is 39.2 Å². The van der Waals surface area contributed by atoms with E-state index >= 15 is 0 Å². The number of benzene rings is 6. The number of aromatic nitrogens is 12. The van der Waals surface area contributed by atoms with E-state index in [0.717, 1.165) is 50.8 Å². The van der Waals surface area contributed by atoms with Gasteiger partial charge in [0, 0.05) is 48.8 Å². The van der Waals surface area contributed by atoms with E-state index in [9.17, 15) is 18.0 Å². The fraction of sp³-hybridized carbons (Fsp3) is 0.181. The third-order valence-electron chi connectivity index (χ3n) is 14.1. The second-order valence-corrected chi connectivity index (χ2v) is 22.3. The third-order valence-corrected chi connectivity index (χ3v) is 15.2. The Morgan fingerprint density at radius 1 is 0.480 bits per heavy atom. The van der Waals surface area contributed by atoms with Gasteiger partial charge in [-0.05, 0) is 135 Å².